The fourth-order valence-electron chi connectivity index (χ4n) is 2.41. The number of aliphatic hydroxyl groups is 1. The third-order valence-corrected chi connectivity index (χ3v) is 3.51. The van der Waals surface area contributed by atoms with Crippen molar-refractivity contribution in [3.8, 4) is 0 Å². The quantitative estimate of drug-likeness (QED) is 0.687. The molecule has 0 heterocycles. The molecule has 0 aromatic rings. The minimum atomic E-state index is -0.266. The molecule has 2 unspecified atom stereocenters. The SMILES string of the molecule is CCCCNC(=O)CN(C)C1CCCCC1O. The lowest BCUT2D eigenvalue weighted by atomic mass is 9.91. The monoisotopic (exact) mass is 242 g/mol. The summed E-state index contributed by atoms with van der Waals surface area (Å²) in [5.41, 5.74) is 0. The standard InChI is InChI=1S/C13H26N2O2/c1-3-4-9-14-13(17)10-15(2)11-7-5-6-8-12(11)16/h11-12,16H,3-10H2,1-2H3,(H,14,17). The number of nitrogens with one attached hydrogen (secondary N) is 1. The molecular formula is C13H26N2O2. The lowest BCUT2D eigenvalue weighted by Gasteiger charge is -2.34. The fraction of sp³-hybridized carbons (Fsp3) is 0.923. The summed E-state index contributed by atoms with van der Waals surface area (Å²) >= 11 is 0. The molecule has 0 spiro atoms. The molecule has 0 radical (unpaired) electrons. The minimum absolute atomic E-state index is 0.0683. The van der Waals surface area contributed by atoms with Gasteiger partial charge in [0.05, 0.1) is 12.6 Å². The van der Waals surface area contributed by atoms with Gasteiger partial charge in [-0.05, 0) is 26.3 Å². The highest BCUT2D eigenvalue weighted by Gasteiger charge is 2.27. The molecule has 0 bridgehead atoms. The molecule has 0 aromatic heterocycles. The van der Waals surface area contributed by atoms with Crippen LogP contribution in [0.25, 0.3) is 0 Å². The number of hydrogen-bond acceptors (Lipinski definition) is 3. The van der Waals surface area contributed by atoms with E-state index in [-0.39, 0.29) is 18.1 Å². The highest BCUT2D eigenvalue weighted by Crippen LogP contribution is 2.21. The molecule has 0 aliphatic heterocycles. The van der Waals surface area contributed by atoms with E-state index in [2.05, 4.69) is 12.2 Å². The van der Waals surface area contributed by atoms with Crippen LogP contribution >= 0.6 is 0 Å². The number of carbonyl (C=O) groups excluding carboxylic acids is 1. The highest BCUT2D eigenvalue weighted by molar-refractivity contribution is 5.77. The van der Waals surface area contributed by atoms with Gasteiger partial charge in [-0.15, -0.1) is 0 Å². The summed E-state index contributed by atoms with van der Waals surface area (Å²) in [6, 6.07) is 0.153. The van der Waals surface area contributed by atoms with Crippen LogP contribution in [0.1, 0.15) is 45.4 Å². The first-order valence-corrected chi connectivity index (χ1v) is 6.80. The van der Waals surface area contributed by atoms with E-state index in [0.29, 0.717) is 6.54 Å². The van der Waals surface area contributed by atoms with Crippen molar-refractivity contribution in [1.82, 2.24) is 10.2 Å². The average Bonchev–Trinajstić information content (AvgIpc) is 2.29. The third kappa shape index (κ3) is 5.04. The van der Waals surface area contributed by atoms with Gasteiger partial charge in [0.2, 0.25) is 5.91 Å². The Bertz CT molecular complexity index is 233. The normalized spacial score (nSPS) is 24.9. The second kappa shape index (κ2) is 7.67. The van der Waals surface area contributed by atoms with Gasteiger partial charge < -0.3 is 10.4 Å². The number of hydrogen-bond donors (Lipinski definition) is 2. The van der Waals surface area contributed by atoms with Gasteiger partial charge in [-0.25, -0.2) is 0 Å². The van der Waals surface area contributed by atoms with Crippen LogP contribution in [0.4, 0.5) is 0 Å². The van der Waals surface area contributed by atoms with Crippen molar-refractivity contribution in [2.24, 2.45) is 0 Å². The van der Waals surface area contributed by atoms with E-state index in [0.717, 1.165) is 45.1 Å². The maximum absolute atomic E-state index is 11.6. The van der Waals surface area contributed by atoms with Gasteiger partial charge >= 0.3 is 0 Å². The predicted molar refractivity (Wildman–Crippen MR) is 68.8 cm³/mol. The van der Waals surface area contributed by atoms with Crippen LogP contribution in [0.15, 0.2) is 0 Å². The van der Waals surface area contributed by atoms with Gasteiger partial charge in [-0.3, -0.25) is 9.69 Å². The fourth-order valence-corrected chi connectivity index (χ4v) is 2.41. The number of carbonyl (C=O) groups is 1. The Hall–Kier alpha value is -0.610. The van der Waals surface area contributed by atoms with Crippen molar-refractivity contribution < 1.29 is 9.90 Å². The minimum Gasteiger partial charge on any atom is -0.391 e. The molecule has 1 fully saturated rings. The second-order valence-electron chi connectivity index (χ2n) is 5.04. The summed E-state index contributed by atoms with van der Waals surface area (Å²) in [7, 11) is 1.93. The number of rotatable bonds is 6. The summed E-state index contributed by atoms with van der Waals surface area (Å²) in [5.74, 6) is 0.0683. The smallest absolute Gasteiger partial charge is 0.234 e. The summed E-state index contributed by atoms with van der Waals surface area (Å²) in [5, 5.41) is 12.8. The molecule has 1 rings (SSSR count). The predicted octanol–water partition coefficient (Wildman–Crippen LogP) is 1.14. The zero-order chi connectivity index (χ0) is 12.7. The van der Waals surface area contributed by atoms with Gasteiger partial charge in [0.15, 0.2) is 0 Å². The number of amides is 1. The maximum Gasteiger partial charge on any atom is 0.234 e. The summed E-state index contributed by atoms with van der Waals surface area (Å²) in [6.07, 6.45) is 5.99. The van der Waals surface area contributed by atoms with E-state index in [1.165, 1.54) is 0 Å². The van der Waals surface area contributed by atoms with Crippen LogP contribution < -0.4 is 5.32 Å². The van der Waals surface area contributed by atoms with E-state index >= 15 is 0 Å². The Morgan fingerprint density at radius 1 is 1.41 bits per heavy atom. The largest absolute Gasteiger partial charge is 0.391 e. The van der Waals surface area contributed by atoms with Crippen molar-refractivity contribution in [2.45, 2.75) is 57.6 Å². The third-order valence-electron chi connectivity index (χ3n) is 3.51. The van der Waals surface area contributed by atoms with Gasteiger partial charge in [0.1, 0.15) is 0 Å². The lowest BCUT2D eigenvalue weighted by Crippen LogP contribution is -2.47. The topological polar surface area (TPSA) is 52.6 Å². The van der Waals surface area contributed by atoms with Crippen LogP contribution in [-0.2, 0) is 4.79 Å². The van der Waals surface area contributed by atoms with Crippen LogP contribution in [0.3, 0.4) is 0 Å². The van der Waals surface area contributed by atoms with E-state index in [1.807, 2.05) is 11.9 Å². The second-order valence-corrected chi connectivity index (χ2v) is 5.04. The van der Waals surface area contributed by atoms with Crippen molar-refractivity contribution in [3.63, 3.8) is 0 Å². The molecule has 0 saturated heterocycles. The van der Waals surface area contributed by atoms with Crippen LogP contribution in [0.5, 0.6) is 0 Å². The number of nitrogens with zero attached hydrogens (tertiary/aromatic N) is 1. The molecule has 1 aliphatic carbocycles. The first-order valence-electron chi connectivity index (χ1n) is 6.80. The summed E-state index contributed by atoms with van der Waals surface area (Å²) < 4.78 is 0. The summed E-state index contributed by atoms with van der Waals surface area (Å²) in [6.45, 7) is 3.26. The van der Waals surface area contributed by atoms with Crippen LogP contribution in [0, 0.1) is 0 Å². The molecule has 4 heteroatoms. The average molecular weight is 242 g/mol. The molecule has 2 atom stereocenters. The molecule has 0 aromatic carbocycles. The molecule has 1 amide bonds. The molecule has 2 N–H and O–H groups in total. The summed E-state index contributed by atoms with van der Waals surface area (Å²) in [4.78, 5) is 13.6. The van der Waals surface area contributed by atoms with E-state index in [9.17, 15) is 9.90 Å². The van der Waals surface area contributed by atoms with Crippen LogP contribution in [-0.4, -0.2) is 48.2 Å². The zero-order valence-electron chi connectivity index (χ0n) is 11.1. The van der Waals surface area contributed by atoms with Gasteiger partial charge in [0.25, 0.3) is 0 Å². The Balaban J connectivity index is 2.26. The van der Waals surface area contributed by atoms with Gasteiger partial charge in [0, 0.05) is 12.6 Å². The van der Waals surface area contributed by atoms with Crippen molar-refractivity contribution in [2.75, 3.05) is 20.1 Å². The number of likely N-dealkylation sites (N-methyl/N-ethyl adjacent to an activating group) is 1. The van der Waals surface area contributed by atoms with Gasteiger partial charge in [-0.1, -0.05) is 26.2 Å². The first-order chi connectivity index (χ1) is 8.15. The molecular weight excluding hydrogens is 216 g/mol. The van der Waals surface area contributed by atoms with Crippen LogP contribution in [0.2, 0.25) is 0 Å². The zero-order valence-corrected chi connectivity index (χ0v) is 11.1. The molecule has 4 nitrogen and oxygen atoms in total. The van der Waals surface area contributed by atoms with Gasteiger partial charge in [-0.2, -0.15) is 0 Å². The van der Waals surface area contributed by atoms with Crippen molar-refractivity contribution >= 4 is 5.91 Å². The number of unbranched alkanes of at least 4 members (excludes halogenated alkanes) is 1. The molecule has 100 valence electrons. The maximum atomic E-state index is 11.6. The number of aliphatic hydroxyl groups excluding tert-OH is 1. The Morgan fingerprint density at radius 3 is 2.76 bits per heavy atom. The van der Waals surface area contributed by atoms with Crippen molar-refractivity contribution in [1.29, 1.82) is 0 Å². The Morgan fingerprint density at radius 2 is 2.12 bits per heavy atom. The molecule has 1 saturated carbocycles. The molecule has 17 heavy (non-hydrogen) atoms. The Labute approximate surface area is 104 Å². The lowest BCUT2D eigenvalue weighted by molar-refractivity contribution is -0.123. The van der Waals surface area contributed by atoms with E-state index in [1.54, 1.807) is 0 Å². The highest BCUT2D eigenvalue weighted by atomic mass is 16.3. The van der Waals surface area contributed by atoms with E-state index < -0.39 is 0 Å². The van der Waals surface area contributed by atoms with E-state index in [4.69, 9.17) is 0 Å². The first kappa shape index (κ1) is 14.5. The molecule has 1 aliphatic rings. The van der Waals surface area contributed by atoms with Crippen molar-refractivity contribution in [3.05, 3.63) is 0 Å². The Kier molecular flexibility index (Phi) is 6.52.